The maximum absolute atomic E-state index is 6.80. The van der Waals surface area contributed by atoms with Crippen molar-refractivity contribution in [1.29, 1.82) is 0 Å². The van der Waals surface area contributed by atoms with Crippen LogP contribution in [-0.2, 0) is 11.8 Å². The van der Waals surface area contributed by atoms with Crippen molar-refractivity contribution in [3.63, 3.8) is 0 Å². The van der Waals surface area contributed by atoms with Crippen molar-refractivity contribution in [2.45, 2.75) is 0 Å². The maximum Gasteiger partial charge on any atom is 0.0385 e. The summed E-state index contributed by atoms with van der Waals surface area (Å²) in [6, 6.07) is 58.7. The predicted molar refractivity (Wildman–Crippen MR) is 177 cm³/mol. The molecule has 0 nitrogen and oxygen atoms in total. The third-order valence-corrected chi connectivity index (χ3v) is 14.4. The minimum absolute atomic E-state index is 0.769. The molecule has 3 heteroatoms. The van der Waals surface area contributed by atoms with Gasteiger partial charge in [-0.2, -0.15) is 0 Å². The van der Waals surface area contributed by atoms with Crippen molar-refractivity contribution in [2.75, 3.05) is 0 Å². The van der Waals surface area contributed by atoms with Crippen LogP contribution in [0.15, 0.2) is 170 Å². The molecule has 6 aromatic carbocycles. The van der Waals surface area contributed by atoms with E-state index < -0.39 is 14.0 Å². The van der Waals surface area contributed by atoms with E-state index in [0.717, 1.165) is 0 Å². The Labute approximate surface area is 237 Å². The van der Waals surface area contributed by atoms with Gasteiger partial charge in [0.25, 0.3) is 0 Å². The predicted octanol–water partition coefficient (Wildman–Crippen LogP) is 6.87. The molecule has 0 heterocycles. The normalized spacial score (nSPS) is 11.4. The molecule has 0 aliphatic rings. The second kappa shape index (κ2) is 11.6. The van der Waals surface area contributed by atoms with E-state index >= 15 is 0 Å². The van der Waals surface area contributed by atoms with Crippen molar-refractivity contribution in [3.05, 3.63) is 170 Å². The maximum atomic E-state index is 6.80. The first kappa shape index (κ1) is 25.7. The Balaban J connectivity index is 1.62. The molecule has 188 valence electrons. The fraction of sp³-hybridized carbons (Fsp3) is 0. The van der Waals surface area contributed by atoms with Gasteiger partial charge in [0.15, 0.2) is 0 Å². The van der Waals surface area contributed by atoms with Crippen molar-refractivity contribution < 1.29 is 0 Å². The van der Waals surface area contributed by atoms with Crippen LogP contribution in [0.5, 0.6) is 0 Å². The lowest BCUT2D eigenvalue weighted by Gasteiger charge is -2.28. The quantitative estimate of drug-likeness (QED) is 0.194. The zero-order valence-corrected chi connectivity index (χ0v) is 24.1. The second-order valence-electron chi connectivity index (χ2n) is 9.32. The van der Waals surface area contributed by atoms with Crippen LogP contribution in [0.4, 0.5) is 0 Å². The average molecular weight is 555 g/mol. The van der Waals surface area contributed by atoms with Gasteiger partial charge in [-0.05, 0) is 45.6 Å². The van der Waals surface area contributed by atoms with E-state index in [0.29, 0.717) is 0 Å². The zero-order chi connectivity index (χ0) is 26.5. The highest BCUT2D eigenvalue weighted by Gasteiger charge is 2.29. The monoisotopic (exact) mass is 554 g/mol. The van der Waals surface area contributed by atoms with Crippen molar-refractivity contribution in [1.82, 2.24) is 0 Å². The first-order valence-electron chi connectivity index (χ1n) is 13.1. The van der Waals surface area contributed by atoms with Crippen LogP contribution in [0, 0.1) is 0 Å². The fourth-order valence-electron chi connectivity index (χ4n) is 5.16. The largest absolute Gasteiger partial charge is 0.0826 e. The second-order valence-corrected chi connectivity index (χ2v) is 15.9. The molecule has 0 unspecified atom stereocenters. The molecule has 0 N–H and O–H groups in total. The summed E-state index contributed by atoms with van der Waals surface area (Å²) < 4.78 is 0. The molecule has 0 aromatic heterocycles. The summed E-state index contributed by atoms with van der Waals surface area (Å²) in [7, 11) is -0.769. The molecule has 0 radical (unpaired) electrons. The number of hydrogen-bond donors (Lipinski definition) is 0. The minimum atomic E-state index is -2.33. The van der Waals surface area contributed by atoms with Gasteiger partial charge in [-0.1, -0.05) is 182 Å². The fourth-order valence-corrected chi connectivity index (χ4v) is 11.7. The molecule has 6 aromatic rings. The number of hydrogen-bond acceptors (Lipinski definition) is 1. The van der Waals surface area contributed by atoms with Gasteiger partial charge in [0, 0.05) is 11.3 Å². The minimum Gasteiger partial charge on any atom is -0.0826 e. The lowest BCUT2D eigenvalue weighted by atomic mass is 10.1. The molecule has 0 saturated carbocycles. The molecule has 39 heavy (non-hydrogen) atoms. The summed E-state index contributed by atoms with van der Waals surface area (Å²) in [6.45, 7) is 0. The standard InChI is InChI=1S/C36H28P2S/c39-38(31-21-9-3-10-22-31,32-23-11-4-12-24-32)36-28-16-14-26-34(36)33-25-13-15-27-35(33)37(29-17-5-1-6-18-29)30-19-7-2-8-20-30/h1-28H. The van der Waals surface area contributed by atoms with Crippen molar-refractivity contribution in [2.24, 2.45) is 0 Å². The molecule has 6 rings (SSSR count). The van der Waals surface area contributed by atoms with Gasteiger partial charge in [-0.3, -0.25) is 0 Å². The SMILES string of the molecule is S=P(c1ccccc1)(c1ccccc1)c1ccccc1-c1ccccc1P(c1ccccc1)c1ccccc1. The van der Waals surface area contributed by atoms with Crippen LogP contribution in [0.3, 0.4) is 0 Å². The Morgan fingerprint density at radius 2 is 0.769 bits per heavy atom. The van der Waals surface area contributed by atoms with Crippen LogP contribution in [0.2, 0.25) is 0 Å². The molecule has 0 fully saturated rings. The van der Waals surface area contributed by atoms with E-state index in [4.69, 9.17) is 11.8 Å². The Morgan fingerprint density at radius 3 is 1.28 bits per heavy atom. The molecule has 0 saturated heterocycles. The molecule has 0 spiro atoms. The molecular formula is C36H28P2S. The number of rotatable bonds is 7. The van der Waals surface area contributed by atoms with Gasteiger partial charge in [-0.15, -0.1) is 0 Å². The smallest absolute Gasteiger partial charge is 0.0385 e. The first-order chi connectivity index (χ1) is 19.3. The number of benzene rings is 6. The summed E-state index contributed by atoms with van der Waals surface area (Å²) >= 11 is 6.80. The molecule has 0 atom stereocenters. The van der Waals surface area contributed by atoms with E-state index in [9.17, 15) is 0 Å². The van der Waals surface area contributed by atoms with Crippen LogP contribution < -0.4 is 31.8 Å². The molecular weight excluding hydrogens is 526 g/mol. The van der Waals surface area contributed by atoms with E-state index in [1.54, 1.807) is 0 Å². The highest BCUT2D eigenvalue weighted by Crippen LogP contribution is 2.46. The third-order valence-electron chi connectivity index (χ3n) is 6.95. The highest BCUT2D eigenvalue weighted by molar-refractivity contribution is 8.25. The Hall–Kier alpha value is -3.60. The van der Waals surface area contributed by atoms with Gasteiger partial charge >= 0.3 is 0 Å². The van der Waals surface area contributed by atoms with Gasteiger partial charge in [-0.25, -0.2) is 0 Å². The average Bonchev–Trinajstić information content (AvgIpc) is 3.03. The van der Waals surface area contributed by atoms with Gasteiger partial charge in [0.2, 0.25) is 0 Å². The highest BCUT2D eigenvalue weighted by atomic mass is 32.4. The molecule has 0 amide bonds. The Kier molecular flexibility index (Phi) is 7.67. The third kappa shape index (κ3) is 5.07. The molecule has 0 bridgehead atoms. The lowest BCUT2D eigenvalue weighted by molar-refractivity contribution is 1.67. The van der Waals surface area contributed by atoms with Gasteiger partial charge in [0.05, 0.1) is 0 Å². The van der Waals surface area contributed by atoms with Crippen molar-refractivity contribution in [3.8, 4) is 11.1 Å². The van der Waals surface area contributed by atoms with Gasteiger partial charge in [0.1, 0.15) is 0 Å². The van der Waals surface area contributed by atoms with Crippen LogP contribution in [0.25, 0.3) is 11.1 Å². The lowest BCUT2D eigenvalue weighted by Crippen LogP contribution is -2.28. The summed E-state index contributed by atoms with van der Waals surface area (Å²) in [4.78, 5) is 0. The first-order valence-corrected chi connectivity index (χ1v) is 17.2. The topological polar surface area (TPSA) is 0 Å². The van der Waals surface area contributed by atoms with Crippen LogP contribution >= 0.6 is 14.0 Å². The van der Waals surface area contributed by atoms with E-state index in [2.05, 4.69) is 170 Å². The summed E-state index contributed by atoms with van der Waals surface area (Å²) in [5, 5.41) is 7.69. The summed E-state index contributed by atoms with van der Waals surface area (Å²) in [5.41, 5.74) is 2.48. The molecule has 0 aliphatic carbocycles. The Morgan fingerprint density at radius 1 is 0.385 bits per heavy atom. The summed E-state index contributed by atoms with van der Waals surface area (Å²) in [6.07, 6.45) is 0. The van der Waals surface area contributed by atoms with Gasteiger partial charge < -0.3 is 0 Å². The van der Waals surface area contributed by atoms with Crippen LogP contribution in [-0.4, -0.2) is 0 Å². The molecule has 0 aliphatic heterocycles. The van der Waals surface area contributed by atoms with Crippen molar-refractivity contribution >= 4 is 57.6 Å². The Bertz CT molecular complexity index is 1630. The summed E-state index contributed by atoms with van der Waals surface area (Å²) in [5.74, 6) is 0. The van der Waals surface area contributed by atoms with Crippen LogP contribution in [0.1, 0.15) is 0 Å². The van der Waals surface area contributed by atoms with E-state index in [-0.39, 0.29) is 0 Å². The zero-order valence-electron chi connectivity index (χ0n) is 21.5. The van der Waals surface area contributed by atoms with E-state index in [1.807, 2.05) is 0 Å². The van der Waals surface area contributed by atoms with E-state index in [1.165, 1.54) is 43.0 Å².